The summed E-state index contributed by atoms with van der Waals surface area (Å²) in [6.45, 7) is -1.12. The summed E-state index contributed by atoms with van der Waals surface area (Å²) in [5.74, 6) is -1.29. The van der Waals surface area contributed by atoms with E-state index in [2.05, 4.69) is 25.3 Å². The molecule has 5 N–H and O–H groups in total. The molecule has 1 unspecified atom stereocenters. The van der Waals surface area contributed by atoms with Crippen LogP contribution in [0.25, 0.3) is 0 Å². The Labute approximate surface area is 157 Å². The minimum atomic E-state index is -1.08. The molecule has 0 bridgehead atoms. The van der Waals surface area contributed by atoms with Gasteiger partial charge in [-0.1, -0.05) is 6.07 Å². The Morgan fingerprint density at radius 2 is 2.29 bits per heavy atom. The van der Waals surface area contributed by atoms with Gasteiger partial charge in [0.15, 0.2) is 12.4 Å². The summed E-state index contributed by atoms with van der Waals surface area (Å²) >= 11 is 0. The van der Waals surface area contributed by atoms with Crippen molar-refractivity contribution in [2.45, 2.75) is 18.6 Å². The van der Waals surface area contributed by atoms with Gasteiger partial charge in [0, 0.05) is 6.54 Å². The van der Waals surface area contributed by atoms with Gasteiger partial charge in [-0.2, -0.15) is 0 Å². The second kappa shape index (κ2) is 8.73. The summed E-state index contributed by atoms with van der Waals surface area (Å²) in [5.41, 5.74) is 3.44. The number of nitrogens with zero attached hydrogens (tertiary/aromatic N) is 3. The molecule has 1 heterocycles. The lowest BCUT2D eigenvalue weighted by Crippen LogP contribution is -2.36. The quantitative estimate of drug-likeness (QED) is 0.216. The Balaban J connectivity index is 1.65. The number of amidine groups is 1. The number of halogens is 1. The van der Waals surface area contributed by atoms with Crippen molar-refractivity contribution in [2.75, 3.05) is 19.8 Å². The number of rotatable bonds is 8. The minimum absolute atomic E-state index is 0.0736. The number of ether oxygens (including phenoxy) is 1. The Hall–Kier alpha value is -3.09. The van der Waals surface area contributed by atoms with Crippen molar-refractivity contribution in [1.29, 1.82) is 0 Å². The van der Waals surface area contributed by atoms with Crippen LogP contribution in [0.4, 0.5) is 4.39 Å². The Morgan fingerprint density at radius 1 is 1.46 bits per heavy atom. The van der Waals surface area contributed by atoms with E-state index in [0.29, 0.717) is 12.0 Å². The molecule has 0 radical (unpaired) electrons. The van der Waals surface area contributed by atoms with Crippen LogP contribution < -0.4 is 15.5 Å². The summed E-state index contributed by atoms with van der Waals surface area (Å²) in [7, 11) is 0. The summed E-state index contributed by atoms with van der Waals surface area (Å²) in [5, 5.41) is 36.7. The molecule has 11 nitrogen and oxygen atoms in total. The van der Waals surface area contributed by atoms with Gasteiger partial charge in [0.2, 0.25) is 5.69 Å². The molecule has 0 aliphatic heterocycles. The molecule has 2 aromatic rings. The third kappa shape index (κ3) is 4.42. The van der Waals surface area contributed by atoms with Gasteiger partial charge >= 0.3 is 0 Å². The molecular weight excluding hydrogens is 377 g/mol. The maximum absolute atomic E-state index is 13.4. The highest BCUT2D eigenvalue weighted by molar-refractivity contribution is 5.98. The predicted molar refractivity (Wildman–Crippen MR) is 90.2 cm³/mol. The van der Waals surface area contributed by atoms with Gasteiger partial charge < -0.3 is 20.3 Å². The molecule has 3 rings (SSSR count). The van der Waals surface area contributed by atoms with E-state index in [0.717, 1.165) is 5.56 Å². The van der Waals surface area contributed by atoms with E-state index in [4.69, 9.17) is 9.84 Å². The largest absolute Gasteiger partial charge is 0.464 e. The van der Waals surface area contributed by atoms with Crippen LogP contribution in [0.1, 0.15) is 22.9 Å². The molecule has 2 atom stereocenters. The van der Waals surface area contributed by atoms with Crippen molar-refractivity contribution in [3.05, 3.63) is 40.8 Å². The second-order valence-corrected chi connectivity index (χ2v) is 6.00. The highest BCUT2D eigenvalue weighted by atomic mass is 19.1. The fourth-order valence-electron chi connectivity index (χ4n) is 2.56. The fraction of sp³-hybridized carbons (Fsp3) is 0.375. The number of carbonyl (C=O) groups excluding carboxylic acids is 1. The number of aromatic nitrogens is 2. The van der Waals surface area contributed by atoms with Crippen molar-refractivity contribution in [3.8, 4) is 5.88 Å². The third-order valence-corrected chi connectivity index (χ3v) is 4.04. The highest BCUT2D eigenvalue weighted by Gasteiger charge is 2.28. The first-order valence-electron chi connectivity index (χ1n) is 8.29. The van der Waals surface area contributed by atoms with Crippen molar-refractivity contribution in [3.63, 3.8) is 0 Å². The zero-order valence-corrected chi connectivity index (χ0v) is 14.5. The molecule has 0 saturated carbocycles. The molecule has 150 valence electrons. The van der Waals surface area contributed by atoms with E-state index in [9.17, 15) is 19.5 Å². The van der Waals surface area contributed by atoms with Crippen LogP contribution >= 0.6 is 0 Å². The molecule has 1 aromatic carbocycles. The van der Waals surface area contributed by atoms with Crippen molar-refractivity contribution in [2.24, 2.45) is 4.99 Å². The van der Waals surface area contributed by atoms with Crippen LogP contribution in [-0.2, 0) is 11.2 Å². The first kappa shape index (κ1) is 19.7. The Kier molecular flexibility index (Phi) is 6.13. The number of aliphatic hydroxyl groups is 2. The standard InChI is InChI=1S/C16H18FN5O6/c17-9-2-1-8-3-12(11(8)4-9)19-15(20-26)14-16(22-28-21-14)27-7-13(25)18-5-10(24)6-23/h1-2,4,10,12,23-24,26H,3,5-7H2,(H,18,25)(H,19,20)/t10?,12-/m0/s1. The van der Waals surface area contributed by atoms with Gasteiger partial charge in [-0.25, -0.2) is 9.02 Å². The summed E-state index contributed by atoms with van der Waals surface area (Å²) in [6, 6.07) is 4.00. The number of amides is 1. The molecule has 1 aliphatic rings. The lowest BCUT2D eigenvalue weighted by Gasteiger charge is -2.27. The second-order valence-electron chi connectivity index (χ2n) is 6.00. The average Bonchev–Trinajstić information content (AvgIpc) is 3.15. The van der Waals surface area contributed by atoms with Crippen LogP contribution in [0.15, 0.2) is 27.8 Å². The zero-order chi connectivity index (χ0) is 20.1. The number of carbonyl (C=O) groups is 1. The molecule has 1 aromatic heterocycles. The van der Waals surface area contributed by atoms with Crippen molar-refractivity contribution < 1.29 is 34.0 Å². The van der Waals surface area contributed by atoms with Crippen molar-refractivity contribution >= 4 is 11.7 Å². The number of nitrogens with one attached hydrogen (secondary N) is 2. The lowest BCUT2D eigenvalue weighted by atomic mass is 9.83. The molecule has 1 aliphatic carbocycles. The van der Waals surface area contributed by atoms with Gasteiger partial charge in [0.25, 0.3) is 11.8 Å². The number of hydrogen-bond acceptors (Lipinski definition) is 9. The maximum atomic E-state index is 13.4. The first-order chi connectivity index (χ1) is 13.5. The van der Waals surface area contributed by atoms with E-state index < -0.39 is 31.3 Å². The van der Waals surface area contributed by atoms with Crippen LogP contribution in [0.2, 0.25) is 0 Å². The van der Waals surface area contributed by atoms with Gasteiger partial charge in [0.1, 0.15) is 5.82 Å². The molecule has 28 heavy (non-hydrogen) atoms. The molecule has 12 heteroatoms. The zero-order valence-electron chi connectivity index (χ0n) is 14.5. The molecule has 0 saturated heterocycles. The molecule has 0 spiro atoms. The molecule has 1 amide bonds. The summed E-state index contributed by atoms with van der Waals surface area (Å²) in [4.78, 5) is 15.9. The van der Waals surface area contributed by atoms with Gasteiger partial charge in [-0.3, -0.25) is 20.5 Å². The topological polar surface area (TPSA) is 162 Å². The third-order valence-electron chi connectivity index (χ3n) is 4.04. The lowest BCUT2D eigenvalue weighted by molar-refractivity contribution is -0.123. The van der Waals surface area contributed by atoms with Crippen LogP contribution in [0, 0.1) is 5.82 Å². The van der Waals surface area contributed by atoms with Crippen molar-refractivity contribution in [1.82, 2.24) is 21.1 Å². The summed E-state index contributed by atoms with van der Waals surface area (Å²) < 4.78 is 23.2. The normalized spacial score (nSPS) is 16.7. The summed E-state index contributed by atoms with van der Waals surface area (Å²) in [6.07, 6.45) is -0.529. The fourth-order valence-corrected chi connectivity index (χ4v) is 2.56. The predicted octanol–water partition coefficient (Wildman–Crippen LogP) is -0.920. The monoisotopic (exact) mass is 395 g/mol. The average molecular weight is 395 g/mol. The first-order valence-corrected chi connectivity index (χ1v) is 8.29. The van der Waals surface area contributed by atoms with Crippen LogP contribution in [0.5, 0.6) is 5.88 Å². The maximum Gasteiger partial charge on any atom is 0.287 e. The van der Waals surface area contributed by atoms with Gasteiger partial charge in [-0.05, 0) is 40.0 Å². The van der Waals surface area contributed by atoms with E-state index in [1.807, 2.05) is 5.48 Å². The number of aliphatic hydroxyl groups excluding tert-OH is 2. The number of hydrogen-bond donors (Lipinski definition) is 5. The van der Waals surface area contributed by atoms with E-state index in [1.54, 1.807) is 6.07 Å². The molecular formula is C16H18FN5O6. The van der Waals surface area contributed by atoms with Gasteiger partial charge in [0.05, 0.1) is 18.8 Å². The van der Waals surface area contributed by atoms with Crippen LogP contribution in [-0.4, -0.2) is 63.3 Å². The number of benzene rings is 1. The number of hydroxylamine groups is 1. The number of fused-ring (bicyclic) bond motifs is 1. The highest BCUT2D eigenvalue weighted by Crippen LogP contribution is 2.37. The SMILES string of the molecule is O=C(COc1nonc1C(=N[C@H]1Cc2ccc(F)cc21)NO)NCC(O)CO. The molecule has 0 fully saturated rings. The smallest absolute Gasteiger partial charge is 0.287 e. The number of aliphatic imine (C=N–C) groups is 1. The minimum Gasteiger partial charge on any atom is -0.464 e. The Morgan fingerprint density at radius 3 is 3.04 bits per heavy atom. The van der Waals surface area contributed by atoms with E-state index in [-0.39, 0.29) is 29.8 Å². The van der Waals surface area contributed by atoms with E-state index >= 15 is 0 Å². The van der Waals surface area contributed by atoms with E-state index in [1.165, 1.54) is 12.1 Å². The van der Waals surface area contributed by atoms with Crippen LogP contribution in [0.3, 0.4) is 0 Å². The Bertz CT molecular complexity index is 873. The van der Waals surface area contributed by atoms with Gasteiger partial charge in [-0.15, -0.1) is 0 Å².